The number of benzene rings is 2. The molecule has 0 aromatic heterocycles. The topological polar surface area (TPSA) is 38.3 Å². The fraction of sp³-hybridized carbons (Fsp3) is 0.318. The van der Waals surface area contributed by atoms with Gasteiger partial charge in [0.25, 0.3) is 0 Å². The van der Waals surface area contributed by atoms with Crippen LogP contribution in [0.2, 0.25) is 0 Å². The van der Waals surface area contributed by atoms with Gasteiger partial charge in [0.2, 0.25) is 5.91 Å². The Hall–Kier alpha value is -2.55. The van der Waals surface area contributed by atoms with Gasteiger partial charge in [-0.05, 0) is 30.5 Å². The highest BCUT2D eigenvalue weighted by Gasteiger charge is 2.38. The molecule has 1 N–H and O–H groups in total. The number of rotatable bonds is 5. The van der Waals surface area contributed by atoms with Gasteiger partial charge in [-0.2, -0.15) is 0 Å². The smallest absolute Gasteiger partial charge is 0.244 e. The summed E-state index contributed by atoms with van der Waals surface area (Å²) in [4.78, 5) is 12.4. The van der Waals surface area contributed by atoms with E-state index in [2.05, 4.69) is 19.2 Å². The van der Waals surface area contributed by atoms with Crippen molar-refractivity contribution in [2.75, 3.05) is 0 Å². The second kappa shape index (κ2) is 7.56. The summed E-state index contributed by atoms with van der Waals surface area (Å²) in [6.07, 6.45) is 6.08. The van der Waals surface area contributed by atoms with Crippen molar-refractivity contribution in [3.8, 4) is 5.75 Å². The SMILES string of the molecule is CCC1(CC)C[C@H](NC(=O)/C=C/c2ccccc2)c2ccccc2O1. The first kappa shape index (κ1) is 17.3. The number of fused-ring (bicyclic) bond motifs is 1. The van der Waals surface area contributed by atoms with Gasteiger partial charge < -0.3 is 10.1 Å². The van der Waals surface area contributed by atoms with Crippen molar-refractivity contribution >= 4 is 12.0 Å². The molecule has 0 spiro atoms. The Labute approximate surface area is 149 Å². The van der Waals surface area contributed by atoms with E-state index < -0.39 is 0 Å². The van der Waals surface area contributed by atoms with E-state index in [1.807, 2.05) is 60.7 Å². The molecule has 3 heteroatoms. The number of hydrogen-bond donors (Lipinski definition) is 1. The van der Waals surface area contributed by atoms with Crippen LogP contribution in [0.25, 0.3) is 6.08 Å². The number of hydrogen-bond acceptors (Lipinski definition) is 2. The normalized spacial score (nSPS) is 18.4. The quantitative estimate of drug-likeness (QED) is 0.789. The van der Waals surface area contributed by atoms with Gasteiger partial charge in [0, 0.05) is 18.1 Å². The van der Waals surface area contributed by atoms with Crippen LogP contribution in [0.15, 0.2) is 60.7 Å². The van der Waals surface area contributed by atoms with Gasteiger partial charge >= 0.3 is 0 Å². The lowest BCUT2D eigenvalue weighted by atomic mass is 9.83. The second-order valence-corrected chi connectivity index (χ2v) is 6.54. The minimum atomic E-state index is -0.213. The molecule has 3 rings (SSSR count). The van der Waals surface area contributed by atoms with Crippen LogP contribution in [-0.4, -0.2) is 11.5 Å². The van der Waals surface area contributed by atoms with Gasteiger partial charge in [0.1, 0.15) is 11.4 Å². The molecule has 2 aromatic carbocycles. The zero-order valence-electron chi connectivity index (χ0n) is 14.9. The first-order valence-electron chi connectivity index (χ1n) is 8.97. The fourth-order valence-electron chi connectivity index (χ4n) is 3.39. The Kier molecular flexibility index (Phi) is 5.22. The Morgan fingerprint density at radius 3 is 2.52 bits per heavy atom. The lowest BCUT2D eigenvalue weighted by Crippen LogP contribution is -2.44. The lowest BCUT2D eigenvalue weighted by Gasteiger charge is -2.41. The molecule has 1 amide bonds. The third kappa shape index (κ3) is 3.93. The van der Waals surface area contributed by atoms with Crippen LogP contribution in [0.5, 0.6) is 5.75 Å². The Balaban J connectivity index is 1.78. The molecule has 2 aromatic rings. The average Bonchev–Trinajstić information content (AvgIpc) is 2.67. The lowest BCUT2D eigenvalue weighted by molar-refractivity contribution is -0.117. The van der Waals surface area contributed by atoms with Gasteiger partial charge in [-0.3, -0.25) is 4.79 Å². The minimum Gasteiger partial charge on any atom is -0.487 e. The highest BCUT2D eigenvalue weighted by molar-refractivity contribution is 5.92. The van der Waals surface area contributed by atoms with E-state index in [4.69, 9.17) is 4.74 Å². The molecule has 25 heavy (non-hydrogen) atoms. The zero-order valence-corrected chi connectivity index (χ0v) is 14.9. The molecule has 0 fully saturated rings. The number of ether oxygens (including phenoxy) is 1. The zero-order chi connectivity index (χ0) is 17.7. The molecule has 1 heterocycles. The van der Waals surface area contributed by atoms with Crippen molar-refractivity contribution in [1.82, 2.24) is 5.32 Å². The molecule has 0 aliphatic carbocycles. The largest absolute Gasteiger partial charge is 0.487 e. The summed E-state index contributed by atoms with van der Waals surface area (Å²) >= 11 is 0. The van der Waals surface area contributed by atoms with Gasteiger partial charge in [-0.1, -0.05) is 62.4 Å². The molecule has 130 valence electrons. The van der Waals surface area contributed by atoms with E-state index in [0.29, 0.717) is 0 Å². The number of carbonyl (C=O) groups is 1. The third-order valence-corrected chi connectivity index (χ3v) is 5.03. The summed E-state index contributed by atoms with van der Waals surface area (Å²) in [5.41, 5.74) is 1.86. The molecular weight excluding hydrogens is 310 g/mol. The van der Waals surface area contributed by atoms with Crippen molar-refractivity contribution in [3.05, 3.63) is 71.8 Å². The Bertz CT molecular complexity index is 748. The maximum absolute atomic E-state index is 12.4. The van der Waals surface area contributed by atoms with Crippen molar-refractivity contribution in [2.45, 2.75) is 44.8 Å². The van der Waals surface area contributed by atoms with E-state index in [1.165, 1.54) is 0 Å². The minimum absolute atomic E-state index is 0.0298. The van der Waals surface area contributed by atoms with E-state index in [9.17, 15) is 4.79 Å². The predicted molar refractivity (Wildman–Crippen MR) is 101 cm³/mol. The fourth-order valence-corrected chi connectivity index (χ4v) is 3.39. The molecule has 3 nitrogen and oxygen atoms in total. The summed E-state index contributed by atoms with van der Waals surface area (Å²) in [5.74, 6) is 0.807. The van der Waals surface area contributed by atoms with Crippen LogP contribution < -0.4 is 10.1 Å². The molecule has 1 atom stereocenters. The molecule has 0 bridgehead atoms. The van der Waals surface area contributed by atoms with Crippen LogP contribution in [0.4, 0.5) is 0 Å². The Morgan fingerprint density at radius 2 is 1.80 bits per heavy atom. The predicted octanol–water partition coefficient (Wildman–Crippen LogP) is 4.90. The van der Waals surface area contributed by atoms with Crippen LogP contribution in [0.3, 0.4) is 0 Å². The summed E-state index contributed by atoms with van der Waals surface area (Å²) < 4.78 is 6.29. The molecule has 1 aliphatic rings. The monoisotopic (exact) mass is 335 g/mol. The van der Waals surface area contributed by atoms with E-state index in [0.717, 1.165) is 36.1 Å². The third-order valence-electron chi connectivity index (χ3n) is 5.03. The molecule has 0 saturated heterocycles. The molecule has 1 aliphatic heterocycles. The highest BCUT2D eigenvalue weighted by Crippen LogP contribution is 2.42. The van der Waals surface area contributed by atoms with Crippen LogP contribution in [-0.2, 0) is 4.79 Å². The van der Waals surface area contributed by atoms with Crippen molar-refractivity contribution in [3.63, 3.8) is 0 Å². The average molecular weight is 335 g/mol. The molecule has 0 radical (unpaired) electrons. The van der Waals surface area contributed by atoms with E-state index >= 15 is 0 Å². The van der Waals surface area contributed by atoms with Gasteiger partial charge in [-0.15, -0.1) is 0 Å². The maximum atomic E-state index is 12.4. The molecule has 0 saturated carbocycles. The van der Waals surface area contributed by atoms with Crippen LogP contribution >= 0.6 is 0 Å². The summed E-state index contributed by atoms with van der Waals surface area (Å²) in [6, 6.07) is 17.8. The standard InChI is InChI=1S/C22H25NO2/c1-3-22(4-2)16-19(18-12-8-9-13-20(18)25-22)23-21(24)15-14-17-10-6-5-7-11-17/h5-15,19H,3-4,16H2,1-2H3,(H,23,24)/b15-14+/t19-/m0/s1. The summed E-state index contributed by atoms with van der Waals surface area (Å²) in [6.45, 7) is 4.29. The molecular formula is C22H25NO2. The van der Waals surface area contributed by atoms with Crippen LogP contribution in [0.1, 0.15) is 50.3 Å². The van der Waals surface area contributed by atoms with Gasteiger partial charge in [-0.25, -0.2) is 0 Å². The number of carbonyl (C=O) groups excluding carboxylic acids is 1. The maximum Gasteiger partial charge on any atom is 0.244 e. The van der Waals surface area contributed by atoms with Gasteiger partial charge in [0.15, 0.2) is 0 Å². The van der Waals surface area contributed by atoms with Crippen LogP contribution in [0, 0.1) is 0 Å². The van der Waals surface area contributed by atoms with Gasteiger partial charge in [0.05, 0.1) is 6.04 Å². The second-order valence-electron chi connectivity index (χ2n) is 6.54. The molecule has 0 unspecified atom stereocenters. The van der Waals surface area contributed by atoms with E-state index in [1.54, 1.807) is 6.08 Å². The number of para-hydroxylation sites is 1. The first-order valence-corrected chi connectivity index (χ1v) is 8.97. The Morgan fingerprint density at radius 1 is 1.12 bits per heavy atom. The summed E-state index contributed by atoms with van der Waals surface area (Å²) in [7, 11) is 0. The van der Waals surface area contributed by atoms with Crippen molar-refractivity contribution in [1.29, 1.82) is 0 Å². The highest BCUT2D eigenvalue weighted by atomic mass is 16.5. The number of amides is 1. The first-order chi connectivity index (χ1) is 12.2. The van der Waals surface area contributed by atoms with E-state index in [-0.39, 0.29) is 17.6 Å². The van der Waals surface area contributed by atoms with Crippen molar-refractivity contribution in [2.24, 2.45) is 0 Å². The summed E-state index contributed by atoms with van der Waals surface area (Å²) in [5, 5.41) is 3.16. The number of nitrogens with one attached hydrogen (secondary N) is 1. The van der Waals surface area contributed by atoms with Crippen molar-refractivity contribution < 1.29 is 9.53 Å².